The Morgan fingerprint density at radius 2 is 2.21 bits per heavy atom. The van der Waals surface area contributed by atoms with Gasteiger partial charge in [0.25, 0.3) is 0 Å². The molecule has 2 aliphatic carbocycles. The summed E-state index contributed by atoms with van der Waals surface area (Å²) in [4.78, 5) is 0. The van der Waals surface area contributed by atoms with Gasteiger partial charge < -0.3 is 5.73 Å². The van der Waals surface area contributed by atoms with E-state index in [0.29, 0.717) is 6.54 Å². The van der Waals surface area contributed by atoms with E-state index in [0.717, 1.165) is 12.5 Å². The Kier molecular flexibility index (Phi) is 1.87. The molecule has 0 aromatic carbocycles. The number of hydrogen-bond donors (Lipinski definition) is 1. The lowest BCUT2D eigenvalue weighted by Crippen LogP contribution is -2.11. The smallest absolute Gasteiger partial charge is 0.0660 e. The second-order valence-electron chi connectivity index (χ2n) is 4.56. The van der Waals surface area contributed by atoms with Gasteiger partial charge in [0, 0.05) is 13.1 Å². The molecule has 0 spiro atoms. The molecule has 0 atom stereocenters. The van der Waals surface area contributed by atoms with Crippen molar-refractivity contribution in [2.75, 3.05) is 0 Å². The van der Waals surface area contributed by atoms with E-state index >= 15 is 0 Å². The molecule has 0 unspecified atom stereocenters. The van der Waals surface area contributed by atoms with Gasteiger partial charge in [-0.1, -0.05) is 0 Å². The van der Waals surface area contributed by atoms with Crippen LogP contribution in [0.2, 0.25) is 0 Å². The molecule has 1 aromatic rings. The fourth-order valence-electron chi connectivity index (χ4n) is 2.44. The Hall–Kier alpha value is -0.830. The van der Waals surface area contributed by atoms with Gasteiger partial charge >= 0.3 is 0 Å². The summed E-state index contributed by atoms with van der Waals surface area (Å²) < 4.78 is 2.18. The molecule has 3 rings (SSSR count). The number of fused-ring (bicyclic) bond motifs is 1. The summed E-state index contributed by atoms with van der Waals surface area (Å²) in [6.45, 7) is 1.77. The second-order valence-corrected chi connectivity index (χ2v) is 4.56. The van der Waals surface area contributed by atoms with E-state index in [4.69, 9.17) is 5.73 Å². The van der Waals surface area contributed by atoms with Gasteiger partial charge in [-0.25, -0.2) is 0 Å². The molecule has 1 aromatic heterocycles. The molecule has 3 heteroatoms. The third-order valence-electron chi connectivity index (χ3n) is 3.41. The summed E-state index contributed by atoms with van der Waals surface area (Å²) in [5.74, 6) is 0.889. The van der Waals surface area contributed by atoms with Crippen LogP contribution in [0.5, 0.6) is 0 Å². The maximum Gasteiger partial charge on any atom is 0.0660 e. The highest BCUT2D eigenvalue weighted by atomic mass is 15.3. The normalized spacial score (nSPS) is 20.1. The molecule has 1 fully saturated rings. The van der Waals surface area contributed by atoms with Gasteiger partial charge in [0.05, 0.1) is 11.4 Å². The first kappa shape index (κ1) is 8.48. The highest BCUT2D eigenvalue weighted by Gasteiger charge is 2.26. The number of nitrogens with two attached hydrogens (primary N) is 1. The molecule has 0 saturated heterocycles. The first-order valence-corrected chi connectivity index (χ1v) is 5.66. The standard InChI is InChI=1S/C11H17N3/c12-6-11-9-2-1-3-10(9)13-14(11)7-8-4-5-8/h8H,1-7,12H2. The van der Waals surface area contributed by atoms with E-state index < -0.39 is 0 Å². The number of aryl methyl sites for hydroxylation is 1. The molecule has 2 aliphatic rings. The minimum Gasteiger partial charge on any atom is -0.325 e. The zero-order chi connectivity index (χ0) is 9.54. The van der Waals surface area contributed by atoms with Crippen LogP contribution in [0, 0.1) is 5.92 Å². The average Bonchev–Trinajstić information content (AvgIpc) is 2.74. The molecular weight excluding hydrogens is 174 g/mol. The van der Waals surface area contributed by atoms with Crippen LogP contribution >= 0.6 is 0 Å². The lowest BCUT2D eigenvalue weighted by Gasteiger charge is -2.06. The first-order valence-electron chi connectivity index (χ1n) is 5.66. The van der Waals surface area contributed by atoms with Gasteiger partial charge in [-0.15, -0.1) is 0 Å². The van der Waals surface area contributed by atoms with Crippen molar-refractivity contribution in [3.63, 3.8) is 0 Å². The van der Waals surface area contributed by atoms with Crippen molar-refractivity contribution in [2.24, 2.45) is 11.7 Å². The van der Waals surface area contributed by atoms with Crippen molar-refractivity contribution in [3.05, 3.63) is 17.0 Å². The van der Waals surface area contributed by atoms with E-state index in [1.54, 1.807) is 0 Å². The summed E-state index contributed by atoms with van der Waals surface area (Å²) in [5.41, 5.74) is 9.90. The molecule has 1 saturated carbocycles. The lowest BCUT2D eigenvalue weighted by molar-refractivity contribution is 0.530. The fraction of sp³-hybridized carbons (Fsp3) is 0.727. The molecule has 2 N–H and O–H groups in total. The summed E-state index contributed by atoms with van der Waals surface area (Å²) in [6.07, 6.45) is 6.41. The van der Waals surface area contributed by atoms with E-state index in [2.05, 4.69) is 9.78 Å². The molecule has 3 nitrogen and oxygen atoms in total. The Balaban J connectivity index is 1.93. The van der Waals surface area contributed by atoms with Crippen LogP contribution < -0.4 is 5.73 Å². The maximum atomic E-state index is 5.80. The molecular formula is C11H17N3. The molecule has 76 valence electrons. The molecule has 0 radical (unpaired) electrons. The molecule has 0 bridgehead atoms. The van der Waals surface area contributed by atoms with Crippen molar-refractivity contribution in [1.82, 2.24) is 9.78 Å². The van der Waals surface area contributed by atoms with Crippen LogP contribution in [-0.2, 0) is 25.9 Å². The van der Waals surface area contributed by atoms with E-state index in [1.165, 1.54) is 49.1 Å². The van der Waals surface area contributed by atoms with Gasteiger partial charge in [-0.3, -0.25) is 4.68 Å². The van der Waals surface area contributed by atoms with Crippen molar-refractivity contribution in [2.45, 2.75) is 45.2 Å². The van der Waals surface area contributed by atoms with Gasteiger partial charge in [0.1, 0.15) is 0 Å². The van der Waals surface area contributed by atoms with Crippen molar-refractivity contribution < 1.29 is 0 Å². The van der Waals surface area contributed by atoms with E-state index in [9.17, 15) is 0 Å². The fourth-order valence-corrected chi connectivity index (χ4v) is 2.44. The topological polar surface area (TPSA) is 43.8 Å². The van der Waals surface area contributed by atoms with Crippen LogP contribution in [0.4, 0.5) is 0 Å². The largest absolute Gasteiger partial charge is 0.325 e. The van der Waals surface area contributed by atoms with E-state index in [1.807, 2.05) is 0 Å². The van der Waals surface area contributed by atoms with Crippen LogP contribution in [0.3, 0.4) is 0 Å². The summed E-state index contributed by atoms with van der Waals surface area (Å²) in [7, 11) is 0. The van der Waals surface area contributed by atoms with Gasteiger partial charge in [-0.05, 0) is 43.6 Å². The highest BCUT2D eigenvalue weighted by Crippen LogP contribution is 2.32. The SMILES string of the molecule is NCc1c2c(nn1CC1CC1)CCC2. The minimum atomic E-state index is 0.662. The monoisotopic (exact) mass is 191 g/mol. The first-order chi connectivity index (χ1) is 6.88. The maximum absolute atomic E-state index is 5.80. The highest BCUT2D eigenvalue weighted by molar-refractivity contribution is 5.30. The molecule has 0 aliphatic heterocycles. The lowest BCUT2D eigenvalue weighted by atomic mass is 10.2. The summed E-state index contributed by atoms with van der Waals surface area (Å²) in [5, 5.41) is 4.68. The Morgan fingerprint density at radius 1 is 1.36 bits per heavy atom. The quantitative estimate of drug-likeness (QED) is 0.781. The van der Waals surface area contributed by atoms with Gasteiger partial charge in [0.2, 0.25) is 0 Å². The summed E-state index contributed by atoms with van der Waals surface area (Å²) in [6, 6.07) is 0. The third-order valence-corrected chi connectivity index (χ3v) is 3.41. The predicted octanol–water partition coefficient (Wildman–Crippen LogP) is 1.24. The number of hydrogen-bond acceptors (Lipinski definition) is 2. The van der Waals surface area contributed by atoms with Gasteiger partial charge in [-0.2, -0.15) is 5.10 Å². The van der Waals surface area contributed by atoms with Crippen molar-refractivity contribution >= 4 is 0 Å². The second kappa shape index (κ2) is 3.09. The minimum absolute atomic E-state index is 0.662. The van der Waals surface area contributed by atoms with Gasteiger partial charge in [0.15, 0.2) is 0 Å². The molecule has 14 heavy (non-hydrogen) atoms. The predicted molar refractivity (Wildman–Crippen MR) is 54.9 cm³/mol. The Morgan fingerprint density at radius 3 is 2.93 bits per heavy atom. The molecule has 1 heterocycles. The van der Waals surface area contributed by atoms with Crippen LogP contribution in [0.25, 0.3) is 0 Å². The zero-order valence-corrected chi connectivity index (χ0v) is 8.50. The Bertz CT molecular complexity index is 350. The van der Waals surface area contributed by atoms with Crippen LogP contribution in [0.1, 0.15) is 36.2 Å². The number of aromatic nitrogens is 2. The number of nitrogens with zero attached hydrogens (tertiary/aromatic N) is 2. The number of rotatable bonds is 3. The Labute approximate surface area is 84.3 Å². The van der Waals surface area contributed by atoms with E-state index in [-0.39, 0.29) is 0 Å². The summed E-state index contributed by atoms with van der Waals surface area (Å²) >= 11 is 0. The van der Waals surface area contributed by atoms with Crippen molar-refractivity contribution in [1.29, 1.82) is 0 Å². The van der Waals surface area contributed by atoms with Crippen LogP contribution in [0.15, 0.2) is 0 Å². The van der Waals surface area contributed by atoms with Crippen LogP contribution in [-0.4, -0.2) is 9.78 Å². The third kappa shape index (κ3) is 1.27. The van der Waals surface area contributed by atoms with Crippen molar-refractivity contribution in [3.8, 4) is 0 Å². The zero-order valence-electron chi connectivity index (χ0n) is 8.50. The average molecular weight is 191 g/mol. The molecule has 0 amide bonds.